The lowest BCUT2D eigenvalue weighted by molar-refractivity contribution is -0.129. The van der Waals surface area contributed by atoms with E-state index < -0.39 is 0 Å². The Labute approximate surface area is 161 Å². The maximum atomic E-state index is 12.8. The number of hydrogen-bond donors (Lipinski definition) is 0. The summed E-state index contributed by atoms with van der Waals surface area (Å²) in [4.78, 5) is 14.7. The van der Waals surface area contributed by atoms with Crippen molar-refractivity contribution in [2.24, 2.45) is 0 Å². The molecule has 3 aromatic rings. The van der Waals surface area contributed by atoms with Gasteiger partial charge in [0.2, 0.25) is 11.1 Å². The molecular formula is C19H21N5O2S. The van der Waals surface area contributed by atoms with Crippen LogP contribution < -0.4 is 0 Å². The fourth-order valence-corrected chi connectivity index (χ4v) is 3.67. The lowest BCUT2D eigenvalue weighted by Gasteiger charge is -2.21. The highest BCUT2D eigenvalue weighted by molar-refractivity contribution is 7.99. The Balaban J connectivity index is 1.37. The molecule has 0 radical (unpaired) electrons. The van der Waals surface area contributed by atoms with E-state index in [9.17, 15) is 4.79 Å². The normalized spacial score (nSPS) is 13.7. The van der Waals surface area contributed by atoms with Crippen molar-refractivity contribution in [1.29, 1.82) is 0 Å². The van der Waals surface area contributed by atoms with E-state index in [0.29, 0.717) is 30.0 Å². The van der Waals surface area contributed by atoms with E-state index in [1.807, 2.05) is 54.3 Å². The summed E-state index contributed by atoms with van der Waals surface area (Å²) in [6.07, 6.45) is 2.11. The lowest BCUT2D eigenvalue weighted by Crippen LogP contribution is -2.33. The fourth-order valence-electron chi connectivity index (χ4n) is 2.91. The molecule has 0 bridgehead atoms. The summed E-state index contributed by atoms with van der Waals surface area (Å²) in [7, 11) is 0. The van der Waals surface area contributed by atoms with Crippen LogP contribution in [-0.2, 0) is 17.9 Å². The van der Waals surface area contributed by atoms with Crippen molar-refractivity contribution in [3.63, 3.8) is 0 Å². The molecule has 1 saturated carbocycles. The number of aromatic nitrogens is 4. The maximum absolute atomic E-state index is 12.8. The van der Waals surface area contributed by atoms with Crippen molar-refractivity contribution in [1.82, 2.24) is 25.1 Å². The molecule has 2 aromatic heterocycles. The van der Waals surface area contributed by atoms with Gasteiger partial charge >= 0.3 is 0 Å². The first-order chi connectivity index (χ1) is 13.2. The number of furan rings is 1. The molecule has 2 heterocycles. The van der Waals surface area contributed by atoms with Crippen molar-refractivity contribution >= 4 is 17.7 Å². The molecule has 1 fully saturated rings. The van der Waals surface area contributed by atoms with E-state index in [4.69, 9.17) is 4.42 Å². The van der Waals surface area contributed by atoms with Crippen molar-refractivity contribution < 1.29 is 9.21 Å². The number of carbonyl (C=O) groups excluding carboxylic acids is 1. The SMILES string of the molecule is Cc1ccc(CN(C(=O)CSc2nnnn2Cc2ccccc2)C2CC2)o1. The molecule has 0 aliphatic heterocycles. The van der Waals surface area contributed by atoms with Gasteiger partial charge in [-0.25, -0.2) is 4.68 Å². The highest BCUT2D eigenvalue weighted by Crippen LogP contribution is 2.30. The first kappa shape index (κ1) is 17.8. The third-order valence-corrected chi connectivity index (χ3v) is 5.37. The van der Waals surface area contributed by atoms with E-state index >= 15 is 0 Å². The number of benzene rings is 1. The average molecular weight is 383 g/mol. The molecule has 27 heavy (non-hydrogen) atoms. The van der Waals surface area contributed by atoms with Crippen LogP contribution in [0.15, 0.2) is 52.0 Å². The number of amides is 1. The Bertz CT molecular complexity index is 904. The van der Waals surface area contributed by atoms with Gasteiger partial charge < -0.3 is 9.32 Å². The number of nitrogens with zero attached hydrogens (tertiary/aromatic N) is 5. The predicted molar refractivity (Wildman–Crippen MR) is 101 cm³/mol. The molecule has 140 valence electrons. The zero-order valence-electron chi connectivity index (χ0n) is 15.1. The summed E-state index contributed by atoms with van der Waals surface area (Å²) in [5.74, 6) is 2.09. The molecule has 1 aromatic carbocycles. The number of aryl methyl sites for hydroxylation is 1. The van der Waals surface area contributed by atoms with Crippen molar-refractivity contribution in [2.75, 3.05) is 5.75 Å². The molecule has 0 unspecified atom stereocenters. The Kier molecular flexibility index (Phi) is 5.24. The minimum Gasteiger partial charge on any atom is -0.464 e. The van der Waals surface area contributed by atoms with Crippen LogP contribution in [0.1, 0.15) is 29.9 Å². The molecule has 1 aliphatic carbocycles. The average Bonchev–Trinajstić information content (AvgIpc) is 3.29. The maximum Gasteiger partial charge on any atom is 0.233 e. The van der Waals surface area contributed by atoms with Gasteiger partial charge in [-0.1, -0.05) is 42.1 Å². The van der Waals surface area contributed by atoms with Crippen molar-refractivity contribution in [3.8, 4) is 0 Å². The van der Waals surface area contributed by atoms with Gasteiger partial charge in [-0.15, -0.1) is 5.10 Å². The Morgan fingerprint density at radius 2 is 2.07 bits per heavy atom. The summed E-state index contributed by atoms with van der Waals surface area (Å²) >= 11 is 1.38. The Hall–Kier alpha value is -2.61. The Morgan fingerprint density at radius 3 is 2.78 bits per heavy atom. The molecule has 0 saturated heterocycles. The van der Waals surface area contributed by atoms with E-state index in [0.717, 1.165) is 29.9 Å². The van der Waals surface area contributed by atoms with Gasteiger partial charge in [0.25, 0.3) is 0 Å². The first-order valence-corrected chi connectivity index (χ1v) is 9.95. The highest BCUT2D eigenvalue weighted by atomic mass is 32.2. The minimum absolute atomic E-state index is 0.0887. The molecule has 8 heteroatoms. The summed E-state index contributed by atoms with van der Waals surface area (Å²) < 4.78 is 7.37. The van der Waals surface area contributed by atoms with Crippen molar-refractivity contribution in [3.05, 3.63) is 59.5 Å². The van der Waals surface area contributed by atoms with Crippen LogP contribution in [-0.4, -0.2) is 42.8 Å². The molecule has 1 amide bonds. The van der Waals surface area contributed by atoms with Crippen LogP contribution in [0.4, 0.5) is 0 Å². The molecule has 0 atom stereocenters. The summed E-state index contributed by atoms with van der Waals surface area (Å²) in [5.41, 5.74) is 1.12. The predicted octanol–water partition coefficient (Wildman–Crippen LogP) is 2.91. The van der Waals surface area contributed by atoms with Crippen LogP contribution in [0.3, 0.4) is 0 Å². The van der Waals surface area contributed by atoms with Crippen LogP contribution in [0.2, 0.25) is 0 Å². The Morgan fingerprint density at radius 1 is 1.26 bits per heavy atom. The van der Waals surface area contributed by atoms with Gasteiger partial charge in [-0.05, 0) is 47.9 Å². The second-order valence-corrected chi connectivity index (χ2v) is 7.60. The third-order valence-electron chi connectivity index (χ3n) is 4.43. The third kappa shape index (κ3) is 4.57. The van der Waals surface area contributed by atoms with E-state index in [1.165, 1.54) is 11.8 Å². The lowest BCUT2D eigenvalue weighted by atomic mass is 10.2. The first-order valence-electron chi connectivity index (χ1n) is 8.97. The van der Waals surface area contributed by atoms with E-state index in [-0.39, 0.29) is 5.91 Å². The molecule has 0 spiro atoms. The van der Waals surface area contributed by atoms with Crippen LogP contribution in [0, 0.1) is 6.92 Å². The van der Waals surface area contributed by atoms with Gasteiger partial charge in [0.15, 0.2) is 0 Å². The van der Waals surface area contributed by atoms with Crippen LogP contribution in [0.25, 0.3) is 0 Å². The molecule has 0 N–H and O–H groups in total. The number of tetrazole rings is 1. The number of carbonyl (C=O) groups is 1. The number of hydrogen-bond acceptors (Lipinski definition) is 6. The zero-order chi connectivity index (χ0) is 18.6. The standard InChI is InChI=1S/C19H21N5O2S/c1-14-7-10-17(26-14)12-23(16-8-9-16)18(25)13-27-19-20-21-22-24(19)11-15-5-3-2-4-6-15/h2-7,10,16H,8-9,11-13H2,1H3. The van der Waals surface area contributed by atoms with Crippen LogP contribution in [0.5, 0.6) is 0 Å². The number of rotatable bonds is 8. The van der Waals surface area contributed by atoms with Crippen LogP contribution >= 0.6 is 11.8 Å². The summed E-state index contributed by atoms with van der Waals surface area (Å²) in [6, 6.07) is 14.2. The smallest absolute Gasteiger partial charge is 0.233 e. The van der Waals surface area contributed by atoms with Crippen molar-refractivity contribution in [2.45, 2.75) is 44.1 Å². The summed E-state index contributed by atoms with van der Waals surface area (Å²) in [5, 5.41) is 12.5. The second-order valence-electron chi connectivity index (χ2n) is 6.66. The largest absolute Gasteiger partial charge is 0.464 e. The van der Waals surface area contributed by atoms with Gasteiger partial charge in [0, 0.05) is 6.04 Å². The molecular weight excluding hydrogens is 362 g/mol. The second kappa shape index (κ2) is 7.96. The van der Waals surface area contributed by atoms with E-state index in [2.05, 4.69) is 15.5 Å². The molecule has 4 rings (SSSR count). The van der Waals surface area contributed by atoms with Gasteiger partial charge in [0.05, 0.1) is 18.8 Å². The minimum atomic E-state index is 0.0887. The van der Waals surface area contributed by atoms with Gasteiger partial charge in [-0.2, -0.15) is 0 Å². The molecule has 7 nitrogen and oxygen atoms in total. The zero-order valence-corrected chi connectivity index (χ0v) is 15.9. The van der Waals surface area contributed by atoms with Gasteiger partial charge in [0.1, 0.15) is 11.5 Å². The monoisotopic (exact) mass is 383 g/mol. The number of thioether (sulfide) groups is 1. The van der Waals surface area contributed by atoms with E-state index in [1.54, 1.807) is 4.68 Å². The fraction of sp³-hybridized carbons (Fsp3) is 0.368. The van der Waals surface area contributed by atoms with Gasteiger partial charge in [-0.3, -0.25) is 4.79 Å². The molecule has 1 aliphatic rings. The summed E-state index contributed by atoms with van der Waals surface area (Å²) in [6.45, 7) is 3.02. The topological polar surface area (TPSA) is 77.1 Å². The quantitative estimate of drug-likeness (QED) is 0.557. The highest BCUT2D eigenvalue weighted by Gasteiger charge is 2.33.